The Morgan fingerprint density at radius 1 is 0.346 bits per heavy atom. The predicted octanol–water partition coefficient (Wildman–Crippen LogP) is 22.7. The van der Waals surface area contributed by atoms with Gasteiger partial charge in [-0.25, -0.2) is 0 Å². The highest BCUT2D eigenvalue weighted by Crippen LogP contribution is 2.18. The van der Waals surface area contributed by atoms with Gasteiger partial charge in [-0.2, -0.15) is 0 Å². The lowest BCUT2D eigenvalue weighted by molar-refractivity contribution is -0.143. The minimum Gasteiger partial charge on any atom is -0.466 e. The molecule has 0 bridgehead atoms. The summed E-state index contributed by atoms with van der Waals surface area (Å²) in [6.07, 6.45) is 86.7. The van der Waals surface area contributed by atoms with Crippen LogP contribution in [0.25, 0.3) is 0 Å². The van der Waals surface area contributed by atoms with Gasteiger partial charge >= 0.3 is 5.97 Å². The maximum absolute atomic E-state index is 12.5. The van der Waals surface area contributed by atoms with Gasteiger partial charge in [-0.3, -0.25) is 9.59 Å². The van der Waals surface area contributed by atoms with Crippen LogP contribution in [0.4, 0.5) is 0 Å². The summed E-state index contributed by atoms with van der Waals surface area (Å²) in [6, 6.07) is -0.623. The van der Waals surface area contributed by atoms with Crippen molar-refractivity contribution in [2.24, 2.45) is 0 Å². The average molecular weight is 1100 g/mol. The van der Waals surface area contributed by atoms with Crippen LogP contribution in [-0.2, 0) is 14.3 Å². The van der Waals surface area contributed by atoms with Gasteiger partial charge in [-0.1, -0.05) is 326 Å². The monoisotopic (exact) mass is 1100 g/mol. The molecule has 0 aromatic heterocycles. The van der Waals surface area contributed by atoms with Crippen LogP contribution in [-0.4, -0.2) is 47.4 Å². The summed E-state index contributed by atoms with van der Waals surface area (Å²) >= 11 is 0. The Kier molecular flexibility index (Phi) is 65.9. The third-order valence-corrected chi connectivity index (χ3v) is 16.4. The second-order valence-corrected chi connectivity index (χ2v) is 24.2. The van der Waals surface area contributed by atoms with Crippen LogP contribution in [0.15, 0.2) is 36.5 Å². The zero-order valence-corrected chi connectivity index (χ0v) is 52.7. The minimum absolute atomic E-state index is 0.0112. The van der Waals surface area contributed by atoms with E-state index in [4.69, 9.17) is 4.74 Å². The molecule has 0 aromatic rings. The summed E-state index contributed by atoms with van der Waals surface area (Å²) in [4.78, 5) is 24.5. The lowest BCUT2D eigenvalue weighted by Gasteiger charge is -2.20. The number of nitrogens with one attached hydrogen (secondary N) is 1. The number of amides is 1. The van der Waals surface area contributed by atoms with E-state index >= 15 is 0 Å². The van der Waals surface area contributed by atoms with Crippen molar-refractivity contribution in [1.29, 1.82) is 0 Å². The van der Waals surface area contributed by atoms with Gasteiger partial charge in [-0.05, 0) is 83.5 Å². The summed E-state index contributed by atoms with van der Waals surface area (Å²) in [5.74, 6) is -0.0521. The summed E-state index contributed by atoms with van der Waals surface area (Å²) in [7, 11) is 0. The molecule has 0 aromatic carbocycles. The molecule has 1 amide bonds. The average Bonchev–Trinajstić information content (AvgIpc) is 3.44. The fourth-order valence-electron chi connectivity index (χ4n) is 11.0. The van der Waals surface area contributed by atoms with Crippen molar-refractivity contribution in [3.05, 3.63) is 36.5 Å². The number of hydrogen-bond donors (Lipinski definition) is 3. The highest BCUT2D eigenvalue weighted by atomic mass is 16.5. The van der Waals surface area contributed by atoms with E-state index in [9.17, 15) is 19.8 Å². The van der Waals surface area contributed by atoms with Crippen LogP contribution >= 0.6 is 0 Å². The molecular weight excluding hydrogens is 959 g/mol. The Balaban J connectivity index is 3.33. The van der Waals surface area contributed by atoms with Crippen molar-refractivity contribution < 1.29 is 24.5 Å². The molecule has 3 N–H and O–H groups in total. The fourth-order valence-corrected chi connectivity index (χ4v) is 11.0. The van der Waals surface area contributed by atoms with Crippen LogP contribution in [0.2, 0.25) is 0 Å². The van der Waals surface area contributed by atoms with Crippen LogP contribution in [0.3, 0.4) is 0 Å². The Morgan fingerprint density at radius 3 is 0.936 bits per heavy atom. The van der Waals surface area contributed by atoms with Crippen LogP contribution in [0.1, 0.15) is 386 Å². The van der Waals surface area contributed by atoms with Gasteiger partial charge < -0.3 is 20.3 Å². The zero-order valence-electron chi connectivity index (χ0n) is 52.7. The number of ether oxygens (including phenoxy) is 1. The number of carbonyl (C=O) groups excluding carboxylic acids is 2. The number of aliphatic hydroxyl groups is 2. The second-order valence-electron chi connectivity index (χ2n) is 24.2. The zero-order chi connectivity index (χ0) is 56.4. The van der Waals surface area contributed by atoms with Gasteiger partial charge in [0.25, 0.3) is 0 Å². The van der Waals surface area contributed by atoms with E-state index in [1.54, 1.807) is 6.08 Å². The van der Waals surface area contributed by atoms with Crippen molar-refractivity contribution >= 4 is 11.9 Å². The lowest BCUT2D eigenvalue weighted by atomic mass is 10.0. The number of unbranched alkanes of at least 4 members (excludes halogenated alkanes) is 51. The van der Waals surface area contributed by atoms with Crippen LogP contribution in [0, 0.1) is 0 Å². The third-order valence-electron chi connectivity index (χ3n) is 16.4. The van der Waals surface area contributed by atoms with Gasteiger partial charge in [0.1, 0.15) is 0 Å². The number of carbonyl (C=O) groups is 2. The predicted molar refractivity (Wildman–Crippen MR) is 343 cm³/mol. The molecule has 0 aliphatic heterocycles. The molecular formula is C72H137NO5. The molecule has 0 saturated heterocycles. The maximum atomic E-state index is 12.5. The molecule has 460 valence electrons. The molecule has 6 heteroatoms. The summed E-state index contributed by atoms with van der Waals surface area (Å²) < 4.78 is 5.48. The quantitative estimate of drug-likeness (QED) is 0.0320. The third kappa shape index (κ3) is 63.3. The first-order valence-corrected chi connectivity index (χ1v) is 35.3. The molecule has 2 unspecified atom stereocenters. The van der Waals surface area contributed by atoms with Gasteiger partial charge in [-0.15, -0.1) is 0 Å². The lowest BCUT2D eigenvalue weighted by Crippen LogP contribution is -2.45. The van der Waals surface area contributed by atoms with Crippen molar-refractivity contribution in [3.63, 3.8) is 0 Å². The van der Waals surface area contributed by atoms with Crippen molar-refractivity contribution in [3.8, 4) is 0 Å². The summed E-state index contributed by atoms with van der Waals surface area (Å²) in [5.41, 5.74) is 0. The maximum Gasteiger partial charge on any atom is 0.305 e. The van der Waals surface area contributed by atoms with Crippen molar-refractivity contribution in [1.82, 2.24) is 5.32 Å². The number of rotatable bonds is 66. The molecule has 0 spiro atoms. The minimum atomic E-state index is -0.840. The van der Waals surface area contributed by atoms with Gasteiger partial charge in [0.05, 0.1) is 25.4 Å². The number of esters is 1. The Bertz CT molecular complexity index is 1260. The molecule has 0 radical (unpaired) electrons. The van der Waals surface area contributed by atoms with E-state index in [1.807, 2.05) is 6.08 Å². The first-order valence-electron chi connectivity index (χ1n) is 35.3. The molecule has 0 aliphatic carbocycles. The normalized spacial score (nSPS) is 12.7. The van der Waals surface area contributed by atoms with Crippen LogP contribution < -0.4 is 5.32 Å². The molecule has 78 heavy (non-hydrogen) atoms. The standard InChI is InChI=1S/C72H137NO5/c1-3-5-7-9-11-13-15-44-48-52-56-60-64-70(75)69(68-74)73-71(76)65-61-57-53-49-45-42-40-38-36-34-32-30-28-26-24-22-20-18-17-19-21-23-25-27-29-31-33-35-37-39-41-43-47-51-55-59-63-67-78-72(77)66-62-58-54-50-46-16-14-12-10-8-6-4-2/h12,14,17,19,60,64,69-70,74-75H,3-11,13,15-16,18,20-59,61-63,65-68H2,1-2H3,(H,73,76)/b14-12-,19-17-,64-60+. The van der Waals surface area contributed by atoms with E-state index in [0.29, 0.717) is 19.4 Å². The first-order chi connectivity index (χ1) is 38.5. The molecule has 0 aliphatic rings. The largest absolute Gasteiger partial charge is 0.466 e. The second kappa shape index (κ2) is 67.6. The Morgan fingerprint density at radius 2 is 0.603 bits per heavy atom. The number of aliphatic hydroxyl groups excluding tert-OH is 2. The van der Waals surface area contributed by atoms with Gasteiger partial charge in [0, 0.05) is 12.8 Å². The highest BCUT2D eigenvalue weighted by Gasteiger charge is 2.18. The SMILES string of the molecule is CCCCC/C=C\CCCCCCCC(=O)OCCCCCCCCCCCCCCCCCC/C=C\CCCCCCCCCCCCCCCCCCCC(=O)NC(CO)C(O)/C=C/CCCCCCCCCCCC. The van der Waals surface area contributed by atoms with Gasteiger partial charge in [0.15, 0.2) is 0 Å². The Labute approximate surface area is 487 Å². The van der Waals surface area contributed by atoms with E-state index in [2.05, 4.69) is 43.5 Å². The van der Waals surface area contributed by atoms with E-state index < -0.39 is 12.1 Å². The molecule has 6 nitrogen and oxygen atoms in total. The van der Waals surface area contributed by atoms with Crippen molar-refractivity contribution in [2.75, 3.05) is 13.2 Å². The number of hydrogen-bond acceptors (Lipinski definition) is 5. The summed E-state index contributed by atoms with van der Waals surface area (Å²) in [6.45, 7) is 4.89. The first kappa shape index (κ1) is 76.1. The van der Waals surface area contributed by atoms with E-state index in [1.165, 1.54) is 315 Å². The van der Waals surface area contributed by atoms with Crippen molar-refractivity contribution in [2.45, 2.75) is 398 Å². The van der Waals surface area contributed by atoms with Gasteiger partial charge in [0.2, 0.25) is 5.91 Å². The van der Waals surface area contributed by atoms with E-state index in [0.717, 1.165) is 44.9 Å². The molecule has 0 heterocycles. The molecule has 0 fully saturated rings. The molecule has 0 saturated carbocycles. The smallest absolute Gasteiger partial charge is 0.305 e. The summed E-state index contributed by atoms with van der Waals surface area (Å²) in [5, 5.41) is 23.1. The molecule has 2 atom stereocenters. The topological polar surface area (TPSA) is 95.9 Å². The van der Waals surface area contributed by atoms with E-state index in [-0.39, 0.29) is 18.5 Å². The number of allylic oxidation sites excluding steroid dienone is 5. The fraction of sp³-hybridized carbons (Fsp3) is 0.889. The molecule has 0 rings (SSSR count). The highest BCUT2D eigenvalue weighted by molar-refractivity contribution is 5.76. The Hall–Kier alpha value is -1.92. The van der Waals surface area contributed by atoms with Crippen LogP contribution in [0.5, 0.6) is 0 Å².